The van der Waals surface area contributed by atoms with E-state index in [1.165, 1.54) is 24.3 Å². The molecule has 0 radical (unpaired) electrons. The minimum absolute atomic E-state index is 0.0817. The summed E-state index contributed by atoms with van der Waals surface area (Å²) in [6, 6.07) is 5.61. The molecule has 0 N–H and O–H groups in total. The maximum atomic E-state index is 13.3. The predicted molar refractivity (Wildman–Crippen MR) is 84.7 cm³/mol. The van der Waals surface area contributed by atoms with Crippen LogP contribution in [0.25, 0.3) is 0 Å². The van der Waals surface area contributed by atoms with E-state index in [2.05, 4.69) is 10.3 Å². The second-order valence-corrected chi connectivity index (χ2v) is 6.35. The fraction of sp³-hybridized carbons (Fsp3) is 0.471. The van der Waals surface area contributed by atoms with E-state index in [1.807, 2.05) is 6.20 Å². The summed E-state index contributed by atoms with van der Waals surface area (Å²) in [5, 5.41) is 7.75. The first kappa shape index (κ1) is 16.5. The van der Waals surface area contributed by atoms with Crippen molar-refractivity contribution in [1.29, 1.82) is 0 Å². The molecular weight excluding hydrogens is 314 g/mol. The van der Waals surface area contributed by atoms with Crippen molar-refractivity contribution in [1.82, 2.24) is 19.9 Å². The Balaban J connectivity index is 1.65. The molecule has 0 saturated carbocycles. The highest BCUT2D eigenvalue weighted by molar-refractivity contribution is 5.94. The predicted octanol–water partition coefficient (Wildman–Crippen LogP) is 2.94. The summed E-state index contributed by atoms with van der Waals surface area (Å²) in [5.74, 6) is -2.68. The molecule has 128 valence electrons. The van der Waals surface area contributed by atoms with Gasteiger partial charge in [0.25, 0.3) is 11.8 Å². The highest BCUT2D eigenvalue weighted by Gasteiger charge is 2.27. The number of nitrogens with zero attached hydrogens (tertiary/aromatic N) is 4. The standard InChI is InChI=1S/C17H20F2N4O/c1-17(18,19)15-6-4-14(5-7-15)16(24)22-9-2-3-13(11-22)12-23-10-8-20-21-23/h4-8,10,13H,2-3,9,11-12H2,1H3. The van der Waals surface area contributed by atoms with E-state index in [9.17, 15) is 13.6 Å². The quantitative estimate of drug-likeness (QED) is 0.864. The number of carbonyl (C=O) groups excluding carboxylic acids is 1. The number of benzene rings is 1. The van der Waals surface area contributed by atoms with Gasteiger partial charge in [-0.2, -0.15) is 0 Å². The number of rotatable bonds is 4. The van der Waals surface area contributed by atoms with E-state index in [0.29, 0.717) is 24.6 Å². The highest BCUT2D eigenvalue weighted by Crippen LogP contribution is 2.27. The van der Waals surface area contributed by atoms with E-state index in [-0.39, 0.29) is 11.5 Å². The maximum Gasteiger partial charge on any atom is 0.270 e. The van der Waals surface area contributed by atoms with Crippen LogP contribution in [0, 0.1) is 5.92 Å². The maximum absolute atomic E-state index is 13.3. The lowest BCUT2D eigenvalue weighted by molar-refractivity contribution is 0.0174. The molecule has 1 aliphatic heterocycles. The average Bonchev–Trinajstić information content (AvgIpc) is 3.07. The zero-order valence-electron chi connectivity index (χ0n) is 13.5. The number of hydrogen-bond acceptors (Lipinski definition) is 3. The number of alkyl halides is 2. The minimum Gasteiger partial charge on any atom is -0.338 e. The molecule has 1 amide bonds. The van der Waals surface area contributed by atoms with Crippen molar-refractivity contribution in [3.05, 3.63) is 47.8 Å². The first-order chi connectivity index (χ1) is 11.4. The topological polar surface area (TPSA) is 51.0 Å². The van der Waals surface area contributed by atoms with Crippen LogP contribution in [0.3, 0.4) is 0 Å². The molecule has 1 atom stereocenters. The van der Waals surface area contributed by atoms with Crippen molar-refractivity contribution in [3.8, 4) is 0 Å². The monoisotopic (exact) mass is 334 g/mol. The molecule has 24 heavy (non-hydrogen) atoms. The lowest BCUT2D eigenvalue weighted by Crippen LogP contribution is -2.41. The van der Waals surface area contributed by atoms with E-state index >= 15 is 0 Å². The third-order valence-electron chi connectivity index (χ3n) is 4.36. The fourth-order valence-electron chi connectivity index (χ4n) is 3.08. The smallest absolute Gasteiger partial charge is 0.270 e. The first-order valence-corrected chi connectivity index (χ1v) is 8.05. The Labute approximate surface area is 139 Å². The molecule has 1 fully saturated rings. The molecule has 5 nitrogen and oxygen atoms in total. The number of carbonyl (C=O) groups is 1. The Morgan fingerprint density at radius 3 is 2.71 bits per heavy atom. The van der Waals surface area contributed by atoms with Crippen LogP contribution in [-0.4, -0.2) is 38.9 Å². The zero-order valence-corrected chi connectivity index (χ0v) is 13.5. The largest absolute Gasteiger partial charge is 0.338 e. The Bertz CT molecular complexity index is 680. The van der Waals surface area contributed by atoms with Crippen LogP contribution in [0.1, 0.15) is 35.7 Å². The number of amides is 1. The van der Waals surface area contributed by atoms with Crippen LogP contribution in [0.5, 0.6) is 0 Å². The third-order valence-corrected chi connectivity index (χ3v) is 4.36. The van der Waals surface area contributed by atoms with Gasteiger partial charge in [-0.1, -0.05) is 17.3 Å². The molecule has 1 aliphatic rings. The van der Waals surface area contributed by atoms with Gasteiger partial charge in [-0.3, -0.25) is 9.48 Å². The Kier molecular flexibility index (Phi) is 4.59. The summed E-state index contributed by atoms with van der Waals surface area (Å²) in [6.07, 6.45) is 5.40. The molecule has 2 aromatic rings. The first-order valence-electron chi connectivity index (χ1n) is 8.05. The van der Waals surface area contributed by atoms with Gasteiger partial charge in [0, 0.05) is 43.9 Å². The summed E-state index contributed by atoms with van der Waals surface area (Å²) in [7, 11) is 0. The third kappa shape index (κ3) is 3.77. The lowest BCUT2D eigenvalue weighted by atomic mass is 9.97. The fourth-order valence-corrected chi connectivity index (χ4v) is 3.08. The molecule has 7 heteroatoms. The highest BCUT2D eigenvalue weighted by atomic mass is 19.3. The number of likely N-dealkylation sites (tertiary alicyclic amines) is 1. The molecule has 1 unspecified atom stereocenters. The molecule has 3 rings (SSSR count). The molecular formula is C17H20F2N4O. The molecule has 0 aliphatic carbocycles. The van der Waals surface area contributed by atoms with Gasteiger partial charge in [0.15, 0.2) is 0 Å². The van der Waals surface area contributed by atoms with Gasteiger partial charge >= 0.3 is 0 Å². The molecule has 2 heterocycles. The molecule has 1 saturated heterocycles. The van der Waals surface area contributed by atoms with Crippen LogP contribution in [-0.2, 0) is 12.5 Å². The summed E-state index contributed by atoms with van der Waals surface area (Å²) in [6.45, 7) is 2.91. The van der Waals surface area contributed by atoms with E-state index in [1.54, 1.807) is 15.8 Å². The SMILES string of the molecule is CC(F)(F)c1ccc(C(=O)N2CCCC(Cn3ccnn3)C2)cc1. The van der Waals surface area contributed by atoms with Gasteiger partial charge in [-0.25, -0.2) is 8.78 Å². The lowest BCUT2D eigenvalue weighted by Gasteiger charge is -2.32. The summed E-state index contributed by atoms with van der Waals surface area (Å²) >= 11 is 0. The summed E-state index contributed by atoms with van der Waals surface area (Å²) in [5.41, 5.74) is 0.367. The van der Waals surface area contributed by atoms with Crippen molar-refractivity contribution < 1.29 is 13.6 Å². The van der Waals surface area contributed by atoms with Crippen LogP contribution in [0.15, 0.2) is 36.7 Å². The van der Waals surface area contributed by atoms with Crippen molar-refractivity contribution in [3.63, 3.8) is 0 Å². The van der Waals surface area contributed by atoms with Gasteiger partial charge in [-0.15, -0.1) is 5.10 Å². The summed E-state index contributed by atoms with van der Waals surface area (Å²) in [4.78, 5) is 14.4. The molecule has 0 spiro atoms. The van der Waals surface area contributed by atoms with Gasteiger partial charge in [-0.05, 0) is 30.9 Å². The second kappa shape index (κ2) is 6.67. The van der Waals surface area contributed by atoms with Gasteiger partial charge in [0.2, 0.25) is 0 Å². The Morgan fingerprint density at radius 1 is 1.33 bits per heavy atom. The zero-order chi connectivity index (χ0) is 17.2. The Hall–Kier alpha value is -2.31. The number of halogens is 2. The van der Waals surface area contributed by atoms with E-state index in [0.717, 1.165) is 26.3 Å². The molecule has 1 aromatic carbocycles. The van der Waals surface area contributed by atoms with Crippen molar-refractivity contribution >= 4 is 5.91 Å². The van der Waals surface area contributed by atoms with Crippen molar-refractivity contribution in [2.24, 2.45) is 5.92 Å². The van der Waals surface area contributed by atoms with Crippen molar-refractivity contribution in [2.45, 2.75) is 32.2 Å². The van der Waals surface area contributed by atoms with Gasteiger partial charge in [0.05, 0.1) is 6.20 Å². The molecule has 0 bridgehead atoms. The average molecular weight is 334 g/mol. The van der Waals surface area contributed by atoms with Crippen LogP contribution >= 0.6 is 0 Å². The number of hydrogen-bond donors (Lipinski definition) is 0. The van der Waals surface area contributed by atoms with Crippen LogP contribution < -0.4 is 0 Å². The summed E-state index contributed by atoms with van der Waals surface area (Å²) < 4.78 is 28.3. The minimum atomic E-state index is -2.89. The van der Waals surface area contributed by atoms with Crippen molar-refractivity contribution in [2.75, 3.05) is 13.1 Å². The number of piperidine rings is 1. The van der Waals surface area contributed by atoms with Crippen LogP contribution in [0.4, 0.5) is 8.78 Å². The second-order valence-electron chi connectivity index (χ2n) is 6.35. The van der Waals surface area contributed by atoms with Gasteiger partial charge in [0.1, 0.15) is 0 Å². The van der Waals surface area contributed by atoms with Gasteiger partial charge < -0.3 is 4.90 Å². The van der Waals surface area contributed by atoms with E-state index in [4.69, 9.17) is 0 Å². The van der Waals surface area contributed by atoms with Crippen LogP contribution in [0.2, 0.25) is 0 Å². The normalized spacial score (nSPS) is 18.6. The number of aromatic nitrogens is 3. The molecule has 1 aromatic heterocycles. The Morgan fingerprint density at radius 2 is 2.08 bits per heavy atom. The van der Waals surface area contributed by atoms with E-state index < -0.39 is 5.92 Å².